The van der Waals surface area contributed by atoms with E-state index in [0.29, 0.717) is 29.2 Å². The predicted octanol–water partition coefficient (Wildman–Crippen LogP) is 3.25. The summed E-state index contributed by atoms with van der Waals surface area (Å²) in [6.07, 6.45) is -0.915. The maximum absolute atomic E-state index is 11.0. The highest BCUT2D eigenvalue weighted by Gasteiger charge is 2.33. The number of aromatic nitrogens is 7. The number of benzene rings is 2. The van der Waals surface area contributed by atoms with Crippen molar-refractivity contribution in [1.82, 2.24) is 34.3 Å². The molecule has 0 aliphatic carbocycles. The summed E-state index contributed by atoms with van der Waals surface area (Å²) in [5.74, 6) is 4.47. The zero-order valence-electron chi connectivity index (χ0n) is 19.9. The topological polar surface area (TPSA) is 97.8 Å². The fraction of sp³-hybridized carbons (Fsp3) is 0.269. The van der Waals surface area contributed by atoms with Crippen LogP contribution in [-0.4, -0.2) is 52.5 Å². The Labute approximate surface area is 202 Å². The number of nitrogens with zero attached hydrogens (tertiary/aromatic N) is 8. The minimum Gasteiger partial charge on any atom is -0.380 e. The van der Waals surface area contributed by atoms with Gasteiger partial charge in [-0.2, -0.15) is 4.68 Å². The van der Waals surface area contributed by atoms with Crippen LogP contribution in [0.4, 0.5) is 5.82 Å². The number of hydrogen-bond acceptors (Lipinski definition) is 7. The first-order chi connectivity index (χ1) is 17.0. The van der Waals surface area contributed by atoms with E-state index in [0.717, 1.165) is 41.3 Å². The zero-order valence-corrected chi connectivity index (χ0v) is 19.9. The van der Waals surface area contributed by atoms with Gasteiger partial charge in [0.1, 0.15) is 29.4 Å². The van der Waals surface area contributed by atoms with Gasteiger partial charge in [-0.1, -0.05) is 42.5 Å². The van der Waals surface area contributed by atoms with E-state index >= 15 is 0 Å². The molecule has 1 aliphatic rings. The number of anilines is 1. The van der Waals surface area contributed by atoms with E-state index in [1.165, 1.54) is 0 Å². The van der Waals surface area contributed by atoms with Crippen molar-refractivity contribution in [2.45, 2.75) is 25.9 Å². The maximum atomic E-state index is 11.0. The lowest BCUT2D eigenvalue weighted by molar-refractivity contribution is 0.206. The maximum Gasteiger partial charge on any atom is 0.167 e. The molecule has 1 fully saturated rings. The summed E-state index contributed by atoms with van der Waals surface area (Å²) in [6.45, 7) is 5.32. The summed E-state index contributed by atoms with van der Waals surface area (Å²) in [4.78, 5) is 20.9. The van der Waals surface area contributed by atoms with Gasteiger partial charge in [0.15, 0.2) is 11.6 Å². The highest BCUT2D eigenvalue weighted by atomic mass is 16.3. The highest BCUT2D eigenvalue weighted by molar-refractivity contribution is 5.76. The summed E-state index contributed by atoms with van der Waals surface area (Å²) >= 11 is 0. The van der Waals surface area contributed by atoms with Gasteiger partial charge >= 0.3 is 0 Å². The van der Waals surface area contributed by atoms with Crippen LogP contribution >= 0.6 is 0 Å². The average Bonchev–Trinajstić information content (AvgIpc) is 3.38. The van der Waals surface area contributed by atoms with E-state index in [1.807, 2.05) is 62.4 Å². The van der Waals surface area contributed by atoms with E-state index < -0.39 is 6.10 Å². The molecule has 35 heavy (non-hydrogen) atoms. The van der Waals surface area contributed by atoms with Crippen LogP contribution in [0.5, 0.6) is 0 Å². The van der Waals surface area contributed by atoms with Gasteiger partial charge in [0, 0.05) is 26.2 Å². The second kappa shape index (κ2) is 8.28. The van der Waals surface area contributed by atoms with Crippen LogP contribution in [0.1, 0.15) is 40.9 Å². The van der Waals surface area contributed by atoms with Crippen LogP contribution in [0, 0.1) is 13.8 Å². The Kier molecular flexibility index (Phi) is 5.07. The van der Waals surface area contributed by atoms with E-state index in [-0.39, 0.29) is 0 Å². The Morgan fingerprint density at radius 1 is 0.857 bits per heavy atom. The van der Waals surface area contributed by atoms with Crippen molar-refractivity contribution in [2.75, 3.05) is 18.0 Å². The molecule has 0 unspecified atom stereocenters. The SMILES string of the molecule is Cc1nc(N2CC(c3nc4ccccc4n3C)C2)cc(-n2nc(C)nc2[C@H](O)c2ccccc2)n1. The third-order valence-electron chi connectivity index (χ3n) is 6.52. The molecular weight excluding hydrogens is 440 g/mol. The normalized spacial score (nSPS) is 14.9. The molecule has 4 heterocycles. The fourth-order valence-electron chi connectivity index (χ4n) is 4.73. The smallest absolute Gasteiger partial charge is 0.167 e. The number of imidazole rings is 1. The summed E-state index contributed by atoms with van der Waals surface area (Å²) < 4.78 is 3.80. The molecule has 176 valence electrons. The second-order valence-electron chi connectivity index (χ2n) is 8.99. The minimum atomic E-state index is -0.915. The van der Waals surface area contributed by atoms with Crippen molar-refractivity contribution in [3.63, 3.8) is 0 Å². The second-order valence-corrected chi connectivity index (χ2v) is 8.99. The molecule has 0 saturated carbocycles. The number of hydrogen-bond donors (Lipinski definition) is 1. The Bertz CT molecular complexity index is 1520. The lowest BCUT2D eigenvalue weighted by atomic mass is 9.99. The standard InChI is InChI=1S/C26H26N8O/c1-16-27-22(33-14-19(15-33)25-30-20-11-7-8-12-21(20)32(25)3)13-23(28-16)34-26(29-17(2)31-34)24(35)18-9-5-4-6-10-18/h4-13,19,24,35H,14-15H2,1-3H3/t24-/m1/s1. The first-order valence-electron chi connectivity index (χ1n) is 11.7. The Morgan fingerprint density at radius 3 is 2.34 bits per heavy atom. The summed E-state index contributed by atoms with van der Waals surface area (Å²) in [5.41, 5.74) is 2.92. The average molecular weight is 467 g/mol. The number of rotatable bonds is 5. The summed E-state index contributed by atoms with van der Waals surface area (Å²) in [6, 6.07) is 19.6. The molecule has 9 heteroatoms. The van der Waals surface area contributed by atoms with Gasteiger partial charge in [0.25, 0.3) is 0 Å². The largest absolute Gasteiger partial charge is 0.380 e. The fourth-order valence-corrected chi connectivity index (χ4v) is 4.73. The van der Waals surface area contributed by atoms with Crippen LogP contribution in [0.15, 0.2) is 60.7 Å². The molecule has 1 N–H and O–H groups in total. The van der Waals surface area contributed by atoms with Gasteiger partial charge in [-0.15, -0.1) is 5.10 Å². The predicted molar refractivity (Wildman–Crippen MR) is 133 cm³/mol. The van der Waals surface area contributed by atoms with Gasteiger partial charge in [-0.25, -0.2) is 19.9 Å². The Balaban J connectivity index is 1.29. The molecule has 5 aromatic rings. The number of para-hydroxylation sites is 2. The number of aliphatic hydroxyl groups is 1. The molecule has 1 saturated heterocycles. The third kappa shape index (κ3) is 3.74. The summed E-state index contributed by atoms with van der Waals surface area (Å²) in [7, 11) is 2.08. The van der Waals surface area contributed by atoms with Crippen molar-refractivity contribution in [3.8, 4) is 5.82 Å². The number of aryl methyl sites for hydroxylation is 3. The van der Waals surface area contributed by atoms with Gasteiger partial charge in [0.05, 0.1) is 17.0 Å². The van der Waals surface area contributed by atoms with Gasteiger partial charge in [0.2, 0.25) is 0 Å². The van der Waals surface area contributed by atoms with E-state index in [1.54, 1.807) is 4.68 Å². The van der Waals surface area contributed by atoms with Gasteiger partial charge in [-0.05, 0) is 31.5 Å². The van der Waals surface area contributed by atoms with Crippen LogP contribution in [0.3, 0.4) is 0 Å². The lowest BCUT2D eigenvalue weighted by Crippen LogP contribution is -2.46. The minimum absolute atomic E-state index is 0.329. The molecule has 0 spiro atoms. The van der Waals surface area contributed by atoms with Gasteiger partial charge < -0.3 is 14.6 Å². The molecule has 1 atom stereocenters. The van der Waals surface area contributed by atoms with Crippen LogP contribution < -0.4 is 4.90 Å². The zero-order chi connectivity index (χ0) is 24.1. The number of fused-ring (bicyclic) bond motifs is 1. The first kappa shape index (κ1) is 21.4. The molecule has 0 bridgehead atoms. The van der Waals surface area contributed by atoms with Crippen molar-refractivity contribution in [1.29, 1.82) is 0 Å². The van der Waals surface area contributed by atoms with Crippen LogP contribution in [0.2, 0.25) is 0 Å². The highest BCUT2D eigenvalue weighted by Crippen LogP contribution is 2.32. The molecule has 6 rings (SSSR count). The monoisotopic (exact) mass is 466 g/mol. The Morgan fingerprint density at radius 2 is 1.57 bits per heavy atom. The van der Waals surface area contributed by atoms with Crippen molar-refractivity contribution < 1.29 is 5.11 Å². The van der Waals surface area contributed by atoms with Crippen molar-refractivity contribution >= 4 is 16.9 Å². The van der Waals surface area contributed by atoms with E-state index in [4.69, 9.17) is 4.98 Å². The van der Waals surface area contributed by atoms with Crippen LogP contribution in [0.25, 0.3) is 16.9 Å². The third-order valence-corrected chi connectivity index (χ3v) is 6.52. The lowest BCUT2D eigenvalue weighted by Gasteiger charge is -2.39. The van der Waals surface area contributed by atoms with E-state index in [2.05, 4.69) is 48.7 Å². The molecule has 9 nitrogen and oxygen atoms in total. The molecule has 3 aromatic heterocycles. The van der Waals surface area contributed by atoms with Crippen LogP contribution in [-0.2, 0) is 7.05 Å². The number of aliphatic hydroxyl groups excluding tert-OH is 1. The van der Waals surface area contributed by atoms with Gasteiger partial charge in [-0.3, -0.25) is 0 Å². The van der Waals surface area contributed by atoms with E-state index in [9.17, 15) is 5.11 Å². The first-order valence-corrected chi connectivity index (χ1v) is 11.7. The molecule has 1 aliphatic heterocycles. The molecule has 2 aromatic carbocycles. The molecule has 0 radical (unpaired) electrons. The summed E-state index contributed by atoms with van der Waals surface area (Å²) in [5, 5.41) is 15.5. The molecular formula is C26H26N8O. The quantitative estimate of drug-likeness (QED) is 0.425. The van der Waals surface area contributed by atoms with Crippen molar-refractivity contribution in [3.05, 3.63) is 89.5 Å². The Hall–Kier alpha value is -4.11. The van der Waals surface area contributed by atoms with Crippen molar-refractivity contribution in [2.24, 2.45) is 7.05 Å². The molecule has 0 amide bonds.